The molecule has 4 aromatic rings. The molecule has 3 aliphatic carbocycles. The van der Waals surface area contributed by atoms with Crippen molar-refractivity contribution in [3.8, 4) is 22.3 Å². The molecule has 1 unspecified atom stereocenters. The van der Waals surface area contributed by atoms with Crippen molar-refractivity contribution in [3.63, 3.8) is 0 Å². The van der Waals surface area contributed by atoms with Gasteiger partial charge in [-0.15, -0.1) is 0 Å². The van der Waals surface area contributed by atoms with Crippen LogP contribution in [0.15, 0.2) is 106 Å². The van der Waals surface area contributed by atoms with E-state index >= 15 is 0 Å². The standard InChI is InChI=1S/C21H25.C13H8.C10H15.2ClH.Zr/c1-20(2,3)16-9-7-14-11-15-8-10-17(21(4,5)6)13-19(15)18(14)12-16;1-3-7-12-10(5-1)9-11-6-2-4-8-13(11)12;1-8-5-6-9(7-8)10(2,3)4;;;/h7-13H,1-6H3;1-8H;6-8H,1-4H3;2*1H;/q;;;;;+2/p-2. The molecule has 7 rings (SSSR count). The summed E-state index contributed by atoms with van der Waals surface area (Å²) in [6.07, 6.45) is 5.26. The molecule has 0 saturated carbocycles. The molecule has 1 atom stereocenters. The van der Waals surface area contributed by atoms with Crippen LogP contribution in [0.1, 0.15) is 106 Å². The van der Waals surface area contributed by atoms with Crippen molar-refractivity contribution in [3.05, 3.63) is 139 Å². The van der Waals surface area contributed by atoms with Gasteiger partial charge in [-0.1, -0.05) is 0 Å². The normalized spacial score (nSPS) is 16.5. The molecule has 47 heavy (non-hydrogen) atoms. The number of allylic oxidation sites excluding steroid dienone is 4. The molecular formula is C44H48Cl2Zr. The van der Waals surface area contributed by atoms with Gasteiger partial charge in [-0.2, -0.15) is 0 Å². The summed E-state index contributed by atoms with van der Waals surface area (Å²) in [7, 11) is 0. The van der Waals surface area contributed by atoms with E-state index < -0.39 is 21.3 Å². The summed E-state index contributed by atoms with van der Waals surface area (Å²) >= 11 is -2.77. The van der Waals surface area contributed by atoms with Gasteiger partial charge in [0.25, 0.3) is 0 Å². The molecule has 0 saturated heterocycles. The van der Waals surface area contributed by atoms with E-state index in [1.54, 1.807) is 17.6 Å². The maximum atomic E-state index is 2.67. The minimum atomic E-state index is -2.77. The summed E-state index contributed by atoms with van der Waals surface area (Å²) in [5.74, 6) is 0.455. The Hall–Kier alpha value is -2.31. The van der Waals surface area contributed by atoms with Crippen LogP contribution >= 0.6 is 0 Å². The summed E-state index contributed by atoms with van der Waals surface area (Å²) < 4.78 is 3.86. The molecule has 3 aliphatic rings. The SMILES string of the molecule is CC1C=C(C(C)(C)C)C=[C]1[Zr+2](=[C]1c2ccccc2-c2ccccc21)[CH]1c2ccc(C(C)(C)C)cc2-c2cc(C(C)(C)C)ccc21.[Cl-].[Cl-]. The second-order valence-corrected chi connectivity index (χ2v) is 22.8. The predicted octanol–water partition coefficient (Wildman–Crippen LogP) is 5.73. The molecule has 0 spiro atoms. The van der Waals surface area contributed by atoms with Crippen LogP contribution in [-0.2, 0) is 32.1 Å². The van der Waals surface area contributed by atoms with Crippen molar-refractivity contribution in [2.45, 2.75) is 83.7 Å². The molecule has 0 aliphatic heterocycles. The van der Waals surface area contributed by atoms with Crippen molar-refractivity contribution < 1.29 is 46.1 Å². The number of hydrogen-bond acceptors (Lipinski definition) is 0. The summed E-state index contributed by atoms with van der Waals surface area (Å²) in [5.41, 5.74) is 16.6. The average Bonchev–Trinajstić information content (AvgIpc) is 3.63. The zero-order valence-electron chi connectivity index (χ0n) is 29.6. The first-order chi connectivity index (χ1) is 21.1. The fourth-order valence-corrected chi connectivity index (χ4v) is 17.4. The Balaban J connectivity index is 0.00000217. The van der Waals surface area contributed by atoms with Crippen molar-refractivity contribution in [1.29, 1.82) is 0 Å². The topological polar surface area (TPSA) is 0 Å². The summed E-state index contributed by atoms with van der Waals surface area (Å²) in [6, 6.07) is 33.6. The molecule has 0 fully saturated rings. The number of benzene rings is 4. The van der Waals surface area contributed by atoms with E-state index in [0.29, 0.717) is 9.54 Å². The van der Waals surface area contributed by atoms with E-state index in [-0.39, 0.29) is 41.1 Å². The number of rotatable bonds is 2. The Morgan fingerprint density at radius 1 is 0.511 bits per heavy atom. The first kappa shape index (κ1) is 36.0. The minimum absolute atomic E-state index is 0. The van der Waals surface area contributed by atoms with Gasteiger partial charge < -0.3 is 24.8 Å². The monoisotopic (exact) mass is 736 g/mol. The van der Waals surface area contributed by atoms with Gasteiger partial charge in [-0.3, -0.25) is 0 Å². The Kier molecular flexibility index (Phi) is 9.60. The third kappa shape index (κ3) is 6.09. The zero-order chi connectivity index (χ0) is 32.1. The smallest absolute Gasteiger partial charge is 1.00 e. The predicted molar refractivity (Wildman–Crippen MR) is 191 cm³/mol. The quantitative estimate of drug-likeness (QED) is 0.217. The van der Waals surface area contributed by atoms with Gasteiger partial charge in [-0.05, 0) is 0 Å². The summed E-state index contributed by atoms with van der Waals surface area (Å²) in [5, 5.41) is 0. The molecular weight excluding hydrogens is 691 g/mol. The van der Waals surface area contributed by atoms with Crippen molar-refractivity contribution in [1.82, 2.24) is 0 Å². The van der Waals surface area contributed by atoms with E-state index in [0.717, 1.165) is 0 Å². The van der Waals surface area contributed by atoms with Crippen LogP contribution in [0.3, 0.4) is 0 Å². The zero-order valence-corrected chi connectivity index (χ0v) is 33.6. The first-order valence-corrected chi connectivity index (χ1v) is 20.7. The molecule has 242 valence electrons. The van der Waals surface area contributed by atoms with Crippen LogP contribution < -0.4 is 24.8 Å². The van der Waals surface area contributed by atoms with Crippen molar-refractivity contribution >= 4 is 3.21 Å². The second-order valence-electron chi connectivity index (χ2n) is 16.7. The van der Waals surface area contributed by atoms with Crippen LogP contribution in [0.5, 0.6) is 0 Å². The van der Waals surface area contributed by atoms with E-state index in [9.17, 15) is 0 Å². The number of fused-ring (bicyclic) bond motifs is 6. The van der Waals surface area contributed by atoms with Crippen LogP contribution in [0.4, 0.5) is 0 Å². The fraction of sp³-hybridized carbons (Fsp3) is 0.341. The summed E-state index contributed by atoms with van der Waals surface area (Å²) in [6.45, 7) is 23.7. The maximum absolute atomic E-state index is 2.77. The Labute approximate surface area is 303 Å². The van der Waals surface area contributed by atoms with Crippen molar-refractivity contribution in [2.75, 3.05) is 0 Å². The van der Waals surface area contributed by atoms with Gasteiger partial charge >= 0.3 is 281 Å². The summed E-state index contributed by atoms with van der Waals surface area (Å²) in [4.78, 5) is 0. The van der Waals surface area contributed by atoms with Gasteiger partial charge in [-0.25, -0.2) is 0 Å². The molecule has 0 N–H and O–H groups in total. The fourth-order valence-electron chi connectivity index (χ4n) is 7.75. The van der Waals surface area contributed by atoms with E-state index in [4.69, 9.17) is 0 Å². The van der Waals surface area contributed by atoms with Gasteiger partial charge in [0.15, 0.2) is 0 Å². The largest absolute Gasteiger partial charge is 1.00 e. The van der Waals surface area contributed by atoms with Crippen LogP contribution in [0.2, 0.25) is 0 Å². The maximum Gasteiger partial charge on any atom is -1.00 e. The Bertz CT molecular complexity index is 1860. The number of halogens is 2. The molecule has 0 heterocycles. The third-order valence-electron chi connectivity index (χ3n) is 10.4. The minimum Gasteiger partial charge on any atom is -1.00 e. The molecule has 0 radical (unpaired) electrons. The van der Waals surface area contributed by atoms with E-state index in [1.807, 2.05) is 0 Å². The molecule has 0 amide bonds. The van der Waals surface area contributed by atoms with E-state index in [2.05, 4.69) is 166 Å². The van der Waals surface area contributed by atoms with Crippen LogP contribution in [0, 0.1) is 11.3 Å². The molecule has 3 heteroatoms. The van der Waals surface area contributed by atoms with Crippen molar-refractivity contribution in [2.24, 2.45) is 11.3 Å². The third-order valence-corrected chi connectivity index (χ3v) is 19.0. The molecule has 0 bridgehead atoms. The molecule has 0 aromatic heterocycles. The Morgan fingerprint density at radius 2 is 0.936 bits per heavy atom. The van der Waals surface area contributed by atoms with Gasteiger partial charge in [0.1, 0.15) is 0 Å². The first-order valence-electron chi connectivity index (χ1n) is 16.8. The van der Waals surface area contributed by atoms with Gasteiger partial charge in [0.05, 0.1) is 0 Å². The molecule has 0 nitrogen and oxygen atoms in total. The van der Waals surface area contributed by atoms with Gasteiger partial charge in [0.2, 0.25) is 0 Å². The average molecular weight is 739 g/mol. The molecule has 4 aromatic carbocycles. The number of hydrogen-bond donors (Lipinski definition) is 0. The van der Waals surface area contributed by atoms with E-state index in [1.165, 1.54) is 50.1 Å². The second kappa shape index (κ2) is 12.5. The van der Waals surface area contributed by atoms with Gasteiger partial charge in [0, 0.05) is 0 Å². The van der Waals surface area contributed by atoms with Crippen LogP contribution in [0.25, 0.3) is 22.3 Å². The Morgan fingerprint density at radius 3 is 1.32 bits per heavy atom. The van der Waals surface area contributed by atoms with Crippen LogP contribution in [-0.4, -0.2) is 3.21 Å².